The van der Waals surface area contributed by atoms with E-state index in [-0.39, 0.29) is 11.9 Å². The topological polar surface area (TPSA) is 44.4 Å². The van der Waals surface area contributed by atoms with Gasteiger partial charge in [0.2, 0.25) is 5.91 Å². The highest BCUT2D eigenvalue weighted by atomic mass is 19.1. The fraction of sp³-hybridized carbons (Fsp3) is 0.533. The van der Waals surface area contributed by atoms with Gasteiger partial charge in [-0.25, -0.2) is 8.78 Å². The van der Waals surface area contributed by atoms with Crippen LogP contribution in [0, 0.1) is 11.6 Å². The zero-order valence-corrected chi connectivity index (χ0v) is 12.2. The number of carbonyl (C=O) groups excluding carboxylic acids is 1. The maximum absolute atomic E-state index is 13.0. The first kappa shape index (κ1) is 15.9. The number of carbonyl (C=O) groups is 1. The van der Waals surface area contributed by atoms with Crippen molar-refractivity contribution < 1.29 is 13.6 Å². The van der Waals surface area contributed by atoms with E-state index in [2.05, 4.69) is 15.5 Å². The molecular weight excluding hydrogens is 276 g/mol. The van der Waals surface area contributed by atoms with Crippen LogP contribution >= 0.6 is 0 Å². The maximum Gasteiger partial charge on any atom is 0.237 e. The number of amides is 1. The largest absolute Gasteiger partial charge is 0.354 e. The minimum absolute atomic E-state index is 0.0474. The Labute approximate surface area is 123 Å². The molecule has 0 bridgehead atoms. The van der Waals surface area contributed by atoms with E-state index in [0.717, 1.165) is 32.2 Å². The van der Waals surface area contributed by atoms with E-state index < -0.39 is 11.6 Å². The summed E-state index contributed by atoms with van der Waals surface area (Å²) in [4.78, 5) is 14.2. The molecule has 1 amide bonds. The first-order chi connectivity index (χ1) is 10.1. The Hall–Kier alpha value is -1.53. The van der Waals surface area contributed by atoms with Crippen LogP contribution in [0.1, 0.15) is 12.5 Å². The number of benzene rings is 1. The second-order valence-electron chi connectivity index (χ2n) is 5.28. The van der Waals surface area contributed by atoms with Gasteiger partial charge in [-0.15, -0.1) is 0 Å². The molecule has 116 valence electrons. The van der Waals surface area contributed by atoms with Crippen molar-refractivity contribution in [1.29, 1.82) is 0 Å². The summed E-state index contributed by atoms with van der Waals surface area (Å²) in [5.74, 6) is -1.23. The van der Waals surface area contributed by atoms with Gasteiger partial charge in [0.05, 0.1) is 6.04 Å². The van der Waals surface area contributed by atoms with Crippen molar-refractivity contribution in [2.24, 2.45) is 0 Å². The van der Waals surface area contributed by atoms with Gasteiger partial charge in [0, 0.05) is 38.8 Å². The van der Waals surface area contributed by atoms with E-state index >= 15 is 0 Å². The lowest BCUT2D eigenvalue weighted by Crippen LogP contribution is -2.52. The number of halogens is 2. The number of nitrogens with one attached hydrogen (secondary N) is 2. The Morgan fingerprint density at radius 3 is 2.52 bits per heavy atom. The summed E-state index contributed by atoms with van der Waals surface area (Å²) in [7, 11) is 0. The summed E-state index contributed by atoms with van der Waals surface area (Å²) < 4.78 is 26.1. The molecule has 0 aliphatic carbocycles. The third-order valence-electron chi connectivity index (χ3n) is 3.71. The quantitative estimate of drug-likeness (QED) is 0.849. The molecule has 1 saturated heterocycles. The van der Waals surface area contributed by atoms with E-state index in [9.17, 15) is 13.6 Å². The third kappa shape index (κ3) is 4.75. The van der Waals surface area contributed by atoms with Crippen LogP contribution in [0.4, 0.5) is 8.78 Å². The Morgan fingerprint density at radius 1 is 1.29 bits per heavy atom. The van der Waals surface area contributed by atoms with Crippen LogP contribution < -0.4 is 10.6 Å². The van der Waals surface area contributed by atoms with Crippen molar-refractivity contribution in [1.82, 2.24) is 15.5 Å². The summed E-state index contributed by atoms with van der Waals surface area (Å²) in [6.45, 7) is 5.73. The van der Waals surface area contributed by atoms with Crippen molar-refractivity contribution in [3.05, 3.63) is 35.4 Å². The van der Waals surface area contributed by atoms with Gasteiger partial charge in [-0.3, -0.25) is 9.69 Å². The molecule has 1 aromatic rings. The summed E-state index contributed by atoms with van der Waals surface area (Å²) in [5, 5.41) is 6.06. The molecule has 0 saturated carbocycles. The second-order valence-corrected chi connectivity index (χ2v) is 5.28. The zero-order chi connectivity index (χ0) is 15.2. The van der Waals surface area contributed by atoms with Crippen molar-refractivity contribution in [2.75, 3.05) is 32.7 Å². The summed E-state index contributed by atoms with van der Waals surface area (Å²) in [6, 6.07) is 3.23. The van der Waals surface area contributed by atoms with Crippen LogP contribution in [0.25, 0.3) is 0 Å². The fourth-order valence-corrected chi connectivity index (χ4v) is 2.47. The Morgan fingerprint density at radius 2 is 1.90 bits per heavy atom. The normalized spacial score (nSPS) is 17.5. The molecule has 6 heteroatoms. The highest BCUT2D eigenvalue weighted by Gasteiger charge is 2.22. The molecule has 1 aromatic carbocycles. The van der Waals surface area contributed by atoms with Crippen LogP contribution in [0.15, 0.2) is 18.2 Å². The summed E-state index contributed by atoms with van der Waals surface area (Å²) >= 11 is 0. The van der Waals surface area contributed by atoms with E-state index in [1.165, 1.54) is 12.1 Å². The van der Waals surface area contributed by atoms with E-state index in [1.807, 2.05) is 6.92 Å². The molecular formula is C15H21F2N3O. The van der Waals surface area contributed by atoms with Crippen molar-refractivity contribution >= 4 is 5.91 Å². The molecule has 2 N–H and O–H groups in total. The first-order valence-corrected chi connectivity index (χ1v) is 7.24. The molecule has 1 atom stereocenters. The molecule has 1 heterocycles. The lowest BCUT2D eigenvalue weighted by molar-refractivity contribution is -0.126. The highest BCUT2D eigenvalue weighted by molar-refractivity contribution is 5.81. The maximum atomic E-state index is 13.0. The van der Waals surface area contributed by atoms with Crippen LogP contribution in [-0.2, 0) is 11.2 Å². The van der Waals surface area contributed by atoms with E-state index in [1.54, 1.807) is 0 Å². The standard InChI is InChI=1S/C15H21F2N3O/c1-11(20-6-4-18-5-7-20)15(21)19-3-2-12-8-13(16)10-14(17)9-12/h8-11,18H,2-7H2,1H3,(H,19,21). The van der Waals surface area contributed by atoms with Gasteiger partial charge in [-0.2, -0.15) is 0 Å². The van der Waals surface area contributed by atoms with Crippen LogP contribution in [0.5, 0.6) is 0 Å². The van der Waals surface area contributed by atoms with Crippen LogP contribution in [-0.4, -0.2) is 49.6 Å². The van der Waals surface area contributed by atoms with Gasteiger partial charge < -0.3 is 10.6 Å². The van der Waals surface area contributed by atoms with Gasteiger partial charge in [-0.05, 0) is 31.0 Å². The average molecular weight is 297 g/mol. The first-order valence-electron chi connectivity index (χ1n) is 7.24. The molecule has 2 rings (SSSR count). The lowest BCUT2D eigenvalue weighted by atomic mass is 10.1. The van der Waals surface area contributed by atoms with E-state index in [0.29, 0.717) is 18.5 Å². The van der Waals surface area contributed by atoms with Gasteiger partial charge >= 0.3 is 0 Å². The third-order valence-corrected chi connectivity index (χ3v) is 3.71. The van der Waals surface area contributed by atoms with Gasteiger partial charge in [-0.1, -0.05) is 0 Å². The Kier molecular flexibility index (Phi) is 5.64. The SMILES string of the molecule is CC(C(=O)NCCc1cc(F)cc(F)c1)N1CCNCC1. The number of nitrogens with zero attached hydrogens (tertiary/aromatic N) is 1. The summed E-state index contributed by atoms with van der Waals surface area (Å²) in [5.41, 5.74) is 0.544. The zero-order valence-electron chi connectivity index (χ0n) is 12.2. The predicted octanol–water partition coefficient (Wildman–Crippen LogP) is 0.917. The van der Waals surface area contributed by atoms with Crippen molar-refractivity contribution in [2.45, 2.75) is 19.4 Å². The number of piperazine rings is 1. The van der Waals surface area contributed by atoms with E-state index in [4.69, 9.17) is 0 Å². The average Bonchev–Trinajstić information content (AvgIpc) is 2.46. The molecule has 4 nitrogen and oxygen atoms in total. The van der Waals surface area contributed by atoms with Crippen LogP contribution in [0.2, 0.25) is 0 Å². The molecule has 0 radical (unpaired) electrons. The minimum Gasteiger partial charge on any atom is -0.354 e. The molecule has 1 aliphatic rings. The smallest absolute Gasteiger partial charge is 0.237 e. The van der Waals surface area contributed by atoms with Gasteiger partial charge in [0.25, 0.3) is 0 Å². The Balaban J connectivity index is 1.78. The molecule has 1 fully saturated rings. The number of rotatable bonds is 5. The van der Waals surface area contributed by atoms with Crippen molar-refractivity contribution in [3.63, 3.8) is 0 Å². The molecule has 21 heavy (non-hydrogen) atoms. The molecule has 0 aromatic heterocycles. The fourth-order valence-electron chi connectivity index (χ4n) is 2.47. The highest BCUT2D eigenvalue weighted by Crippen LogP contribution is 2.08. The molecule has 1 aliphatic heterocycles. The van der Waals surface area contributed by atoms with Gasteiger partial charge in [0.15, 0.2) is 0 Å². The second kappa shape index (κ2) is 7.47. The monoisotopic (exact) mass is 297 g/mol. The number of hydrogen-bond acceptors (Lipinski definition) is 3. The molecule has 1 unspecified atom stereocenters. The number of hydrogen-bond donors (Lipinski definition) is 2. The van der Waals surface area contributed by atoms with Crippen molar-refractivity contribution in [3.8, 4) is 0 Å². The van der Waals surface area contributed by atoms with Crippen LogP contribution in [0.3, 0.4) is 0 Å². The minimum atomic E-state index is -0.592. The predicted molar refractivity (Wildman–Crippen MR) is 77.0 cm³/mol. The van der Waals surface area contributed by atoms with Gasteiger partial charge in [0.1, 0.15) is 11.6 Å². The summed E-state index contributed by atoms with van der Waals surface area (Å²) in [6.07, 6.45) is 0.411. The lowest BCUT2D eigenvalue weighted by Gasteiger charge is -2.31. The molecule has 0 spiro atoms. The Bertz CT molecular complexity index is 470.